The number of likely N-dealkylation sites (tertiary alicyclic amines) is 1. The van der Waals surface area contributed by atoms with Crippen molar-refractivity contribution in [3.05, 3.63) is 101 Å². The number of nitrogens with zero attached hydrogens (tertiary/aromatic N) is 2. The number of rotatable bonds is 6. The zero-order valence-corrected chi connectivity index (χ0v) is 21.9. The molecule has 0 saturated carbocycles. The van der Waals surface area contributed by atoms with Gasteiger partial charge in [-0.25, -0.2) is 9.59 Å². The maximum absolute atomic E-state index is 12.0. The number of aryl methyl sites for hydroxylation is 1. The van der Waals surface area contributed by atoms with E-state index in [0.29, 0.717) is 23.5 Å². The van der Waals surface area contributed by atoms with Crippen molar-refractivity contribution in [3.63, 3.8) is 0 Å². The van der Waals surface area contributed by atoms with Gasteiger partial charge < -0.3 is 14.6 Å². The largest absolute Gasteiger partial charge is 0.496 e. The minimum atomic E-state index is -1.01. The van der Waals surface area contributed by atoms with Gasteiger partial charge in [0.2, 0.25) is 0 Å². The zero-order valence-electron chi connectivity index (χ0n) is 21.9. The quantitative estimate of drug-likeness (QED) is 0.302. The van der Waals surface area contributed by atoms with Gasteiger partial charge in [-0.05, 0) is 73.2 Å². The number of piperidine rings is 1. The lowest BCUT2D eigenvalue weighted by Crippen LogP contribution is -2.36. The Kier molecular flexibility index (Phi) is 7.20. The summed E-state index contributed by atoms with van der Waals surface area (Å²) in [5.41, 5.74) is 5.50. The second kappa shape index (κ2) is 10.7. The number of fused-ring (bicyclic) bond motifs is 1. The predicted octanol–water partition coefficient (Wildman–Crippen LogP) is 6.39. The number of benzene rings is 3. The molecular weight excluding hydrogens is 480 g/mol. The third kappa shape index (κ3) is 4.77. The highest BCUT2D eigenvalue weighted by molar-refractivity contribution is 5.94. The molecule has 2 atom stereocenters. The van der Waals surface area contributed by atoms with Crippen LogP contribution in [-0.4, -0.2) is 47.4 Å². The fraction of sp³-hybridized carbons (Fsp3) is 0.290. The molecule has 1 aliphatic rings. The van der Waals surface area contributed by atoms with E-state index in [2.05, 4.69) is 29.2 Å². The Morgan fingerprint density at radius 3 is 2.39 bits per heavy atom. The molecule has 1 unspecified atom stereocenters. The lowest BCUT2D eigenvalue weighted by molar-refractivity contribution is 0.0600. The average Bonchev–Trinajstić information content (AvgIpc) is 3.41. The molecule has 38 heavy (non-hydrogen) atoms. The van der Waals surface area contributed by atoms with Crippen molar-refractivity contribution in [1.29, 1.82) is 0 Å². The van der Waals surface area contributed by atoms with Crippen LogP contribution in [0.15, 0.2) is 72.9 Å². The second-order valence-electron chi connectivity index (χ2n) is 9.84. The number of hydrogen-bond acceptors (Lipinski definition) is 5. The summed E-state index contributed by atoms with van der Waals surface area (Å²) in [6.45, 7) is 3.38. The lowest BCUT2D eigenvalue weighted by Gasteiger charge is -2.40. The van der Waals surface area contributed by atoms with Gasteiger partial charge in [0.05, 0.1) is 25.3 Å². The van der Waals surface area contributed by atoms with E-state index in [0.717, 1.165) is 47.2 Å². The summed E-state index contributed by atoms with van der Waals surface area (Å²) in [7, 11) is 3.04. The van der Waals surface area contributed by atoms with Crippen molar-refractivity contribution < 1.29 is 24.2 Å². The number of carboxylic acid groups (broad SMARTS) is 1. The molecule has 0 aliphatic carbocycles. The molecule has 7 nitrogen and oxygen atoms in total. The third-order valence-electron chi connectivity index (χ3n) is 7.72. The normalized spacial score (nSPS) is 17.9. The minimum Gasteiger partial charge on any atom is -0.496 e. The molecule has 1 N–H and O–H groups in total. The van der Waals surface area contributed by atoms with Crippen molar-refractivity contribution in [2.45, 2.75) is 38.3 Å². The first-order valence-electron chi connectivity index (χ1n) is 12.8. The molecule has 0 bridgehead atoms. The number of hydrogen-bond donors (Lipinski definition) is 1. The second-order valence-corrected chi connectivity index (χ2v) is 9.84. The molecule has 3 aromatic carbocycles. The van der Waals surface area contributed by atoms with Crippen LogP contribution in [0.2, 0.25) is 0 Å². The van der Waals surface area contributed by atoms with Crippen LogP contribution in [0.4, 0.5) is 4.79 Å². The molecular formula is C31H32N2O5. The van der Waals surface area contributed by atoms with E-state index in [1.807, 2.05) is 49.4 Å². The van der Waals surface area contributed by atoms with Crippen molar-refractivity contribution in [2.75, 3.05) is 20.8 Å². The molecule has 7 heteroatoms. The van der Waals surface area contributed by atoms with E-state index in [9.17, 15) is 14.7 Å². The van der Waals surface area contributed by atoms with Gasteiger partial charge in [-0.3, -0.25) is 9.47 Å². The Morgan fingerprint density at radius 1 is 1.00 bits per heavy atom. The first-order valence-corrected chi connectivity index (χ1v) is 12.8. The van der Waals surface area contributed by atoms with Gasteiger partial charge in [0.25, 0.3) is 0 Å². The summed E-state index contributed by atoms with van der Waals surface area (Å²) in [4.78, 5) is 26.3. The van der Waals surface area contributed by atoms with Crippen LogP contribution in [0, 0.1) is 6.92 Å². The molecule has 4 aromatic rings. The summed E-state index contributed by atoms with van der Waals surface area (Å²) in [5.74, 6) is 0.808. The topological polar surface area (TPSA) is 81.0 Å². The van der Waals surface area contributed by atoms with Crippen LogP contribution >= 0.6 is 0 Å². The van der Waals surface area contributed by atoms with E-state index < -0.39 is 6.09 Å². The molecule has 1 aliphatic heterocycles. The first-order chi connectivity index (χ1) is 18.4. The van der Waals surface area contributed by atoms with E-state index in [4.69, 9.17) is 9.47 Å². The molecule has 1 aromatic heterocycles. The van der Waals surface area contributed by atoms with Gasteiger partial charge in [0, 0.05) is 29.7 Å². The third-order valence-corrected chi connectivity index (χ3v) is 7.72. The Morgan fingerprint density at radius 2 is 1.74 bits per heavy atom. The predicted molar refractivity (Wildman–Crippen MR) is 146 cm³/mol. The van der Waals surface area contributed by atoms with Crippen LogP contribution in [-0.2, 0) is 11.3 Å². The summed E-state index contributed by atoms with van der Waals surface area (Å²) in [6.07, 6.45) is 2.53. The number of aromatic nitrogens is 1. The van der Waals surface area contributed by atoms with Crippen molar-refractivity contribution in [3.8, 4) is 5.75 Å². The van der Waals surface area contributed by atoms with Gasteiger partial charge in [-0.1, -0.05) is 42.5 Å². The highest BCUT2D eigenvalue weighted by atomic mass is 16.5. The van der Waals surface area contributed by atoms with Gasteiger partial charge >= 0.3 is 12.1 Å². The summed E-state index contributed by atoms with van der Waals surface area (Å²) in [5, 5.41) is 10.6. The van der Waals surface area contributed by atoms with Crippen LogP contribution in [0.5, 0.6) is 5.75 Å². The van der Waals surface area contributed by atoms with Crippen LogP contribution in [0.3, 0.4) is 0 Å². The molecule has 0 spiro atoms. The highest BCUT2D eigenvalue weighted by Gasteiger charge is 2.32. The Bertz CT molecular complexity index is 1460. The van der Waals surface area contributed by atoms with E-state index in [-0.39, 0.29) is 12.0 Å². The van der Waals surface area contributed by atoms with Gasteiger partial charge in [-0.2, -0.15) is 0 Å². The highest BCUT2D eigenvalue weighted by Crippen LogP contribution is 2.42. The summed E-state index contributed by atoms with van der Waals surface area (Å²) < 4.78 is 12.0. The van der Waals surface area contributed by atoms with Crippen LogP contribution in [0.1, 0.15) is 57.4 Å². The smallest absolute Gasteiger partial charge is 0.416 e. The molecule has 1 fully saturated rings. The molecule has 2 heterocycles. The standard InChI is InChI=1S/C31H32N2O5/c1-20-17-28(37-2)26(25-14-16-33(29(20)25)31(35)36)19-32-15-13-24(21-7-5-4-6-8-21)18-27(32)22-9-11-23(12-10-22)30(34)38-3/h4-12,14,16-17,24,27H,13,15,18-19H2,1-3H3,(H,35,36)/t24?,27-/m0/s1. The molecule has 5 rings (SSSR count). The molecule has 1 saturated heterocycles. The SMILES string of the molecule is COC(=O)c1ccc([C@@H]2CC(c3ccccc3)CCN2Cc2c(OC)cc(C)c3c2ccn3C(=O)O)cc1. The van der Waals surface area contributed by atoms with E-state index in [1.165, 1.54) is 17.2 Å². The zero-order chi connectivity index (χ0) is 26.8. The fourth-order valence-electron chi connectivity index (χ4n) is 5.81. The van der Waals surface area contributed by atoms with E-state index in [1.54, 1.807) is 13.3 Å². The molecule has 0 amide bonds. The Balaban J connectivity index is 1.54. The van der Waals surface area contributed by atoms with Gasteiger partial charge in [-0.15, -0.1) is 0 Å². The number of methoxy groups -OCH3 is 2. The lowest BCUT2D eigenvalue weighted by atomic mass is 9.82. The summed E-state index contributed by atoms with van der Waals surface area (Å²) in [6, 6.07) is 22.2. The van der Waals surface area contributed by atoms with E-state index >= 15 is 0 Å². The van der Waals surface area contributed by atoms with Crippen molar-refractivity contribution in [1.82, 2.24) is 9.47 Å². The summed E-state index contributed by atoms with van der Waals surface area (Å²) >= 11 is 0. The Labute approximate surface area is 222 Å². The molecule has 0 radical (unpaired) electrons. The number of carbonyl (C=O) groups excluding carboxylic acids is 1. The first kappa shape index (κ1) is 25.5. The maximum Gasteiger partial charge on any atom is 0.416 e. The van der Waals surface area contributed by atoms with Crippen LogP contribution < -0.4 is 4.74 Å². The van der Waals surface area contributed by atoms with Crippen molar-refractivity contribution >= 4 is 23.0 Å². The monoisotopic (exact) mass is 512 g/mol. The Hall–Kier alpha value is -4.10. The number of ether oxygens (including phenoxy) is 2. The van der Waals surface area contributed by atoms with Crippen LogP contribution in [0.25, 0.3) is 10.9 Å². The maximum atomic E-state index is 12.0. The fourth-order valence-corrected chi connectivity index (χ4v) is 5.81. The average molecular weight is 513 g/mol. The van der Waals surface area contributed by atoms with Crippen molar-refractivity contribution in [2.24, 2.45) is 0 Å². The van der Waals surface area contributed by atoms with Gasteiger partial charge in [0.1, 0.15) is 5.75 Å². The number of esters is 1. The minimum absolute atomic E-state index is 0.100. The van der Waals surface area contributed by atoms with Gasteiger partial charge in [0.15, 0.2) is 0 Å². The number of carbonyl (C=O) groups is 2. The molecule has 196 valence electrons.